The predicted octanol–water partition coefficient (Wildman–Crippen LogP) is 21.6. The molecule has 12 aromatic rings. The number of aromatic nitrogens is 6. The minimum absolute atomic E-state index is 0. The van der Waals surface area contributed by atoms with Gasteiger partial charge in [0.15, 0.2) is 0 Å². The van der Waals surface area contributed by atoms with Crippen molar-refractivity contribution in [3.05, 3.63) is 275 Å². The van der Waals surface area contributed by atoms with Crippen LogP contribution in [-0.2, 0) is 41.4 Å². The van der Waals surface area contributed by atoms with Gasteiger partial charge in [-0.15, -0.1) is 12.4 Å². The Morgan fingerprint density at radius 3 is 1.08 bits per heavy atom. The molecule has 4 N–H and O–H groups in total. The molecule has 0 bridgehead atoms. The average Bonchev–Trinajstić information content (AvgIpc) is 1.57. The van der Waals surface area contributed by atoms with Crippen molar-refractivity contribution in [3.8, 4) is 68.9 Å². The maximum absolute atomic E-state index is 11.3. The van der Waals surface area contributed by atoms with E-state index in [1.54, 1.807) is 121 Å². The number of anilines is 2. The summed E-state index contributed by atoms with van der Waals surface area (Å²) in [6, 6.07) is 41.1. The van der Waals surface area contributed by atoms with Gasteiger partial charge in [0.25, 0.3) is 6.47 Å². The first-order valence-electron chi connectivity index (χ1n) is 37.6. The lowest BCUT2D eigenvalue weighted by atomic mass is 9.85. The molecular formula is C87H72Cl11N11O11. The van der Waals surface area contributed by atoms with Gasteiger partial charge in [0, 0.05) is 76.6 Å². The summed E-state index contributed by atoms with van der Waals surface area (Å²) in [5, 5.41) is 71.2. The molecule has 6 aromatic heterocycles. The number of carbonyl (C=O) groups excluding carboxylic acids is 1. The number of aryl methyl sites for hydroxylation is 3. The molecule has 3 aliphatic heterocycles. The Hall–Kier alpha value is -9.12. The quantitative estimate of drug-likeness (QED) is 0.0362. The Labute approximate surface area is 745 Å². The van der Waals surface area contributed by atoms with Crippen molar-refractivity contribution in [2.75, 3.05) is 49.1 Å². The lowest BCUT2D eigenvalue weighted by Gasteiger charge is -2.48. The Kier molecular flexibility index (Phi) is 26.8. The number of halogens is 11. The van der Waals surface area contributed by atoms with Crippen molar-refractivity contribution in [1.82, 2.24) is 35.7 Å². The molecule has 0 unspecified atom stereocenters. The second-order valence-electron chi connectivity index (χ2n) is 29.9. The predicted molar refractivity (Wildman–Crippen MR) is 463 cm³/mol. The smallest absolute Gasteiger partial charge is 0.298 e. The summed E-state index contributed by atoms with van der Waals surface area (Å²) in [5.41, 5.74) is 8.38. The number of aliphatic hydroxyl groups is 3. The first kappa shape index (κ1) is 87.2. The number of pyridine rings is 3. The van der Waals surface area contributed by atoms with Crippen molar-refractivity contribution < 1.29 is 52.6 Å². The number of nitriles is 2. The van der Waals surface area contributed by atoms with E-state index in [2.05, 4.69) is 41.8 Å². The van der Waals surface area contributed by atoms with E-state index in [0.29, 0.717) is 204 Å². The zero-order valence-corrected chi connectivity index (χ0v) is 72.4. The Bertz CT molecular complexity index is 5890. The zero-order valence-electron chi connectivity index (χ0n) is 64.0. The maximum Gasteiger partial charge on any atom is 0.298 e. The summed E-state index contributed by atoms with van der Waals surface area (Å²) in [6.45, 7) is 8.83. The van der Waals surface area contributed by atoms with E-state index in [-0.39, 0.29) is 32.2 Å². The highest BCUT2D eigenvalue weighted by Gasteiger charge is 2.47. The van der Waals surface area contributed by atoms with Crippen LogP contribution in [-0.4, -0.2) is 91.5 Å². The summed E-state index contributed by atoms with van der Waals surface area (Å²) in [4.78, 5) is 27.0. The van der Waals surface area contributed by atoms with Gasteiger partial charge in [-0.1, -0.05) is 168 Å². The lowest BCUT2D eigenvalue weighted by molar-refractivity contribution is -0.120. The largest absolute Gasteiger partial charge is 0.489 e. The second kappa shape index (κ2) is 36.9. The highest BCUT2D eigenvalue weighted by atomic mass is 35.5. The molecule has 3 saturated carbocycles. The molecule has 6 aromatic carbocycles. The number of hydrogen-bond acceptors (Lipinski definition) is 22. The van der Waals surface area contributed by atoms with Gasteiger partial charge in [-0.05, 0) is 167 Å². The van der Waals surface area contributed by atoms with Crippen LogP contribution in [0.2, 0.25) is 50.4 Å². The number of carbonyl (C=O) groups is 1. The summed E-state index contributed by atoms with van der Waals surface area (Å²) in [7, 11) is 0. The normalized spacial score (nSPS) is 15.7. The minimum Gasteiger partial charge on any atom is -0.489 e. The average molecular weight is 1840 g/mol. The number of nitrogens with one attached hydrogen (secondary N) is 1. The molecule has 9 heterocycles. The standard InChI is InChI=1S/C29H23Cl3N4O3.C29H24Cl3N3O5.C22H19Cl3N2O3.C7H5ClN2.ClH/c1-16-9-17(11-33)12-34-28(16)36-14-29(37,15-36)21-8-7-19(10-24(21)32)38-13-20-26(35-39-27(20)18-5-6-18)25-22(30)3-2-4-23(25)31;1-16-9-19(39-15-36)11-33-28(16)35-13-29(37,14-35)21-8-7-18(10-24(21)32)38-12-20-26(34-40-27(20)17-5-6-17)25-22(30)3-2-4-23(25)31;23-16-2-1-3-17(24)19(16)20-14(21(30-27-20)12-4-5-12)9-29-13-6-7-15(18(25)8-13)22(28)10-26-11-22;1-5-2-6(3-9)4-10-7(5)8;/h2-4,7-10,12,18,37H,5-6,13-15H2,1H3;2-4,7-11,15,17,37H,5-6,12-14H2,1H3;1-3,6-8,12,26,28H,4-5,9-11H2;2,4H,1H3;1H. The van der Waals surface area contributed by atoms with E-state index in [1.165, 1.54) is 18.6 Å². The number of nitrogens with zero attached hydrogens (tertiary/aromatic N) is 10. The van der Waals surface area contributed by atoms with Gasteiger partial charge < -0.3 is 63.0 Å². The van der Waals surface area contributed by atoms with Gasteiger partial charge in [-0.3, -0.25) is 4.79 Å². The first-order chi connectivity index (χ1) is 57.2. The molecule has 6 aliphatic rings. The molecule has 3 aliphatic carbocycles. The second-order valence-corrected chi connectivity index (χ2v) is 33.9. The van der Waals surface area contributed by atoms with E-state index in [1.807, 2.05) is 42.7 Å². The van der Waals surface area contributed by atoms with Crippen LogP contribution in [0.4, 0.5) is 11.6 Å². The molecule has 0 radical (unpaired) electrons. The van der Waals surface area contributed by atoms with Crippen LogP contribution < -0.4 is 34.1 Å². The number of hydrogen-bond donors (Lipinski definition) is 4. The highest BCUT2D eigenvalue weighted by molar-refractivity contribution is 6.40. The fraction of sp³-hybridized carbons (Fsp3) is 0.276. The molecule has 3 saturated heterocycles. The van der Waals surface area contributed by atoms with E-state index >= 15 is 0 Å². The molecule has 33 heteroatoms. The van der Waals surface area contributed by atoms with Crippen LogP contribution in [0.5, 0.6) is 23.0 Å². The van der Waals surface area contributed by atoms with Crippen molar-refractivity contribution in [1.29, 1.82) is 10.5 Å². The molecule has 0 spiro atoms. The minimum atomic E-state index is -1.15. The van der Waals surface area contributed by atoms with E-state index < -0.39 is 16.8 Å². The van der Waals surface area contributed by atoms with Crippen molar-refractivity contribution in [2.24, 2.45) is 0 Å². The fourth-order valence-electron chi connectivity index (χ4n) is 14.4. The van der Waals surface area contributed by atoms with Crippen LogP contribution in [0.25, 0.3) is 33.8 Å². The third-order valence-electron chi connectivity index (χ3n) is 21.2. The van der Waals surface area contributed by atoms with Crippen LogP contribution >= 0.6 is 128 Å². The highest BCUT2D eigenvalue weighted by Crippen LogP contribution is 2.51. The third kappa shape index (κ3) is 18.9. The first-order valence-corrected chi connectivity index (χ1v) is 41.4. The Morgan fingerprint density at radius 2 is 0.783 bits per heavy atom. The van der Waals surface area contributed by atoms with Gasteiger partial charge in [0.1, 0.15) is 123 Å². The molecule has 120 heavy (non-hydrogen) atoms. The Morgan fingerprint density at radius 1 is 0.450 bits per heavy atom. The fourth-order valence-corrected chi connectivity index (χ4v) is 17.3. The molecule has 0 amide bonds. The summed E-state index contributed by atoms with van der Waals surface area (Å²) in [5.74, 6) is 6.84. The van der Waals surface area contributed by atoms with Crippen LogP contribution in [0, 0.1) is 43.4 Å². The topological polar surface area (TPSA) is 298 Å². The van der Waals surface area contributed by atoms with Gasteiger partial charge in [-0.25, -0.2) is 15.0 Å². The zero-order chi connectivity index (χ0) is 83.8. The van der Waals surface area contributed by atoms with Crippen LogP contribution in [0.1, 0.15) is 135 Å². The molecular weight excluding hydrogens is 1770 g/mol. The summed E-state index contributed by atoms with van der Waals surface area (Å²) < 4.78 is 40.3. The molecule has 6 fully saturated rings. The van der Waals surface area contributed by atoms with Crippen LogP contribution in [0.3, 0.4) is 0 Å². The van der Waals surface area contributed by atoms with E-state index in [0.717, 1.165) is 95.0 Å². The van der Waals surface area contributed by atoms with E-state index in [4.69, 9.17) is 159 Å². The van der Waals surface area contributed by atoms with Gasteiger partial charge >= 0.3 is 0 Å². The van der Waals surface area contributed by atoms with Gasteiger partial charge in [-0.2, -0.15) is 10.5 Å². The Balaban J connectivity index is 0.000000140. The van der Waals surface area contributed by atoms with Crippen molar-refractivity contribution in [2.45, 2.75) is 114 Å². The summed E-state index contributed by atoms with van der Waals surface area (Å²) in [6.07, 6.45) is 10.7. The number of ether oxygens (including phenoxy) is 4. The van der Waals surface area contributed by atoms with E-state index in [9.17, 15) is 20.1 Å². The number of rotatable bonds is 22. The number of benzene rings is 6. The molecule has 618 valence electrons. The SMILES string of the molecule is Cc1cc(C#N)cnc1Cl.Cc1cc(C#N)cnc1N1CC(O)(c2ccc(OCc3c(-c4c(Cl)cccc4Cl)noc3C3CC3)cc2Cl)C1.Cc1cc(OC=O)cnc1N1CC(O)(c2ccc(OCc3c(-c4c(Cl)cccc4Cl)noc3C3CC3)cc2Cl)C1.Cl.OC1(c2ccc(OCc3c(-c4c(Cl)cccc4Cl)noc3C3CC3)cc2Cl)CNC1. The van der Waals surface area contributed by atoms with Gasteiger partial charge in [0.2, 0.25) is 0 Å². The molecule has 0 atom stereocenters. The third-order valence-corrected chi connectivity index (χ3v) is 24.4. The monoisotopic (exact) mass is 1830 g/mol. The van der Waals surface area contributed by atoms with Crippen molar-refractivity contribution >= 4 is 147 Å². The molecule has 22 nitrogen and oxygen atoms in total. The van der Waals surface area contributed by atoms with Gasteiger partial charge in [0.05, 0.1) is 105 Å². The van der Waals surface area contributed by atoms with Crippen molar-refractivity contribution in [3.63, 3.8) is 0 Å². The maximum atomic E-state index is 11.3. The summed E-state index contributed by atoms with van der Waals surface area (Å²) >= 11 is 64.0. The number of β-amino-alcohol motifs (C(OH)–C–C–N with tert-alkyl or cyclic N) is 3. The lowest BCUT2D eigenvalue weighted by Crippen LogP contribution is -2.60. The van der Waals surface area contributed by atoms with Crippen LogP contribution in [0.15, 0.2) is 160 Å². The molecule has 18 rings (SSSR count).